The van der Waals surface area contributed by atoms with Gasteiger partial charge in [-0.2, -0.15) is 0 Å². The van der Waals surface area contributed by atoms with Gasteiger partial charge in [-0.15, -0.1) is 0 Å². The van der Waals surface area contributed by atoms with Gasteiger partial charge in [-0.1, -0.05) is 0 Å². The van der Waals surface area contributed by atoms with Crippen molar-refractivity contribution in [3.63, 3.8) is 0 Å². The highest BCUT2D eigenvalue weighted by Gasteiger charge is 2.30. The Kier molecular flexibility index (Phi) is 4.33. The van der Waals surface area contributed by atoms with Crippen LogP contribution in [0.1, 0.15) is 26.7 Å². The van der Waals surface area contributed by atoms with E-state index in [9.17, 15) is 8.42 Å². The first kappa shape index (κ1) is 12.7. The molecule has 15 heavy (non-hydrogen) atoms. The van der Waals surface area contributed by atoms with Crippen molar-refractivity contribution >= 4 is 27.2 Å². The zero-order valence-electron chi connectivity index (χ0n) is 9.12. The largest absolute Gasteiger partial charge is 0.361 e. The molecule has 1 fully saturated rings. The highest BCUT2D eigenvalue weighted by molar-refractivity contribution is 7.92. The molecule has 0 saturated carbocycles. The van der Waals surface area contributed by atoms with Crippen LogP contribution in [0.4, 0.5) is 0 Å². The van der Waals surface area contributed by atoms with Gasteiger partial charge < -0.3 is 10.6 Å². The molecule has 2 N–H and O–H groups in total. The molecule has 0 aliphatic carbocycles. The second-order valence-electron chi connectivity index (χ2n) is 4.14. The summed E-state index contributed by atoms with van der Waals surface area (Å²) in [5, 5.41) is 6.25. The van der Waals surface area contributed by atoms with Gasteiger partial charge in [0.1, 0.15) is 0 Å². The fourth-order valence-electron chi connectivity index (χ4n) is 1.61. The van der Waals surface area contributed by atoms with Crippen LogP contribution in [0.2, 0.25) is 0 Å². The van der Waals surface area contributed by atoms with E-state index in [0.29, 0.717) is 17.4 Å². The molecule has 0 aromatic rings. The molecule has 0 aromatic carbocycles. The number of nitrogens with one attached hydrogen (secondary N) is 2. The summed E-state index contributed by atoms with van der Waals surface area (Å²) in [6, 6.07) is 0.269. The van der Waals surface area contributed by atoms with E-state index in [4.69, 9.17) is 12.2 Å². The van der Waals surface area contributed by atoms with E-state index in [1.807, 2.05) is 13.8 Å². The van der Waals surface area contributed by atoms with Crippen LogP contribution in [0.3, 0.4) is 0 Å². The minimum atomic E-state index is -2.86. The highest BCUT2D eigenvalue weighted by atomic mass is 32.2. The lowest BCUT2D eigenvalue weighted by atomic mass is 10.2. The third-order valence-electron chi connectivity index (χ3n) is 2.37. The van der Waals surface area contributed by atoms with Gasteiger partial charge in [0.05, 0.1) is 11.0 Å². The minimum absolute atomic E-state index is 0.260. The van der Waals surface area contributed by atoms with Gasteiger partial charge in [0.2, 0.25) is 0 Å². The molecule has 1 aliphatic rings. The van der Waals surface area contributed by atoms with Crippen molar-refractivity contribution in [3.8, 4) is 0 Å². The molecule has 0 amide bonds. The topological polar surface area (TPSA) is 58.2 Å². The molecule has 1 unspecified atom stereocenters. The Hall–Kier alpha value is -0.360. The van der Waals surface area contributed by atoms with Crippen molar-refractivity contribution in [2.75, 3.05) is 12.3 Å². The predicted octanol–water partition coefficient (Wildman–Crippen LogP) is 0.436. The molecule has 1 heterocycles. The van der Waals surface area contributed by atoms with E-state index in [-0.39, 0.29) is 11.3 Å². The Bertz CT molecular complexity index is 325. The second kappa shape index (κ2) is 5.12. The SMILES string of the molecule is CC(C)NC(=S)NCC1CCCS1(=O)=O. The number of hydrogen-bond donors (Lipinski definition) is 2. The van der Waals surface area contributed by atoms with Gasteiger partial charge in [-0.05, 0) is 38.9 Å². The van der Waals surface area contributed by atoms with Crippen molar-refractivity contribution < 1.29 is 8.42 Å². The maximum absolute atomic E-state index is 11.5. The normalized spacial score (nSPS) is 24.1. The smallest absolute Gasteiger partial charge is 0.166 e. The van der Waals surface area contributed by atoms with Crippen molar-refractivity contribution in [2.24, 2.45) is 0 Å². The van der Waals surface area contributed by atoms with E-state index >= 15 is 0 Å². The molecule has 1 rings (SSSR count). The standard InChI is InChI=1S/C9H18N2O2S2/c1-7(2)11-9(14)10-6-8-4-3-5-15(8,12)13/h7-8H,3-6H2,1-2H3,(H2,10,11,14). The van der Waals surface area contributed by atoms with Crippen molar-refractivity contribution in [3.05, 3.63) is 0 Å². The average Bonchev–Trinajstić information content (AvgIpc) is 2.40. The third-order valence-corrected chi connectivity index (χ3v) is 4.91. The zero-order valence-corrected chi connectivity index (χ0v) is 10.7. The molecular formula is C9H18N2O2S2. The van der Waals surface area contributed by atoms with Crippen LogP contribution in [0.5, 0.6) is 0 Å². The first-order valence-corrected chi connectivity index (χ1v) is 7.30. The van der Waals surface area contributed by atoms with Crippen LogP contribution >= 0.6 is 12.2 Å². The van der Waals surface area contributed by atoms with Crippen LogP contribution in [0.25, 0.3) is 0 Å². The van der Waals surface area contributed by atoms with E-state index in [1.165, 1.54) is 0 Å². The summed E-state index contributed by atoms with van der Waals surface area (Å²) in [5.74, 6) is 0.323. The quantitative estimate of drug-likeness (QED) is 0.712. The fraction of sp³-hybridized carbons (Fsp3) is 0.889. The number of rotatable bonds is 3. The van der Waals surface area contributed by atoms with Gasteiger partial charge in [0, 0.05) is 12.6 Å². The van der Waals surface area contributed by atoms with Crippen LogP contribution in [0, 0.1) is 0 Å². The summed E-state index contributed by atoms with van der Waals surface area (Å²) < 4.78 is 23.0. The summed E-state index contributed by atoms with van der Waals surface area (Å²) in [7, 11) is -2.86. The first-order valence-electron chi connectivity index (χ1n) is 5.18. The maximum Gasteiger partial charge on any atom is 0.166 e. The Morgan fingerprint density at radius 1 is 1.53 bits per heavy atom. The average molecular weight is 250 g/mol. The monoisotopic (exact) mass is 250 g/mol. The van der Waals surface area contributed by atoms with Gasteiger partial charge >= 0.3 is 0 Å². The van der Waals surface area contributed by atoms with E-state index in [2.05, 4.69) is 10.6 Å². The number of thiocarbonyl (C=S) groups is 1. The number of hydrogen-bond acceptors (Lipinski definition) is 3. The molecule has 0 radical (unpaired) electrons. The molecule has 1 atom stereocenters. The molecular weight excluding hydrogens is 232 g/mol. The minimum Gasteiger partial charge on any atom is -0.361 e. The molecule has 0 spiro atoms. The summed E-state index contributed by atoms with van der Waals surface area (Å²) in [6.45, 7) is 4.40. The third kappa shape index (κ3) is 3.95. The Labute approximate surface area is 96.7 Å². The highest BCUT2D eigenvalue weighted by Crippen LogP contribution is 2.18. The predicted molar refractivity (Wildman–Crippen MR) is 65.7 cm³/mol. The Balaban J connectivity index is 2.34. The lowest BCUT2D eigenvalue weighted by molar-refractivity contribution is 0.586. The van der Waals surface area contributed by atoms with Crippen molar-refractivity contribution in [1.29, 1.82) is 0 Å². The first-order chi connectivity index (χ1) is 6.92. The van der Waals surface area contributed by atoms with Crippen LogP contribution in [0.15, 0.2) is 0 Å². The molecule has 1 saturated heterocycles. The van der Waals surface area contributed by atoms with E-state index in [1.54, 1.807) is 0 Å². The van der Waals surface area contributed by atoms with Crippen molar-refractivity contribution in [2.45, 2.75) is 38.0 Å². The van der Waals surface area contributed by atoms with Crippen LogP contribution in [-0.4, -0.2) is 37.1 Å². The second-order valence-corrected chi connectivity index (χ2v) is 6.95. The molecule has 6 heteroatoms. The van der Waals surface area contributed by atoms with E-state index < -0.39 is 9.84 Å². The summed E-state index contributed by atoms with van der Waals surface area (Å²) >= 11 is 5.02. The van der Waals surface area contributed by atoms with Crippen LogP contribution < -0.4 is 10.6 Å². The lowest BCUT2D eigenvalue weighted by Gasteiger charge is -2.15. The Morgan fingerprint density at radius 3 is 2.67 bits per heavy atom. The van der Waals surface area contributed by atoms with E-state index in [0.717, 1.165) is 12.8 Å². The van der Waals surface area contributed by atoms with Gasteiger partial charge in [-0.3, -0.25) is 0 Å². The Morgan fingerprint density at radius 2 is 2.20 bits per heavy atom. The van der Waals surface area contributed by atoms with Gasteiger partial charge in [-0.25, -0.2) is 8.42 Å². The van der Waals surface area contributed by atoms with Gasteiger partial charge in [0.25, 0.3) is 0 Å². The summed E-state index contributed by atoms with van der Waals surface area (Å²) in [5.41, 5.74) is 0. The summed E-state index contributed by atoms with van der Waals surface area (Å²) in [4.78, 5) is 0. The molecule has 1 aliphatic heterocycles. The molecule has 0 bridgehead atoms. The molecule has 88 valence electrons. The fourth-order valence-corrected chi connectivity index (χ4v) is 3.69. The summed E-state index contributed by atoms with van der Waals surface area (Å²) in [6.07, 6.45) is 1.53. The lowest BCUT2D eigenvalue weighted by Crippen LogP contribution is -2.43. The molecule has 4 nitrogen and oxygen atoms in total. The van der Waals surface area contributed by atoms with Gasteiger partial charge in [0.15, 0.2) is 14.9 Å². The number of sulfone groups is 1. The zero-order chi connectivity index (χ0) is 11.5. The van der Waals surface area contributed by atoms with Crippen LogP contribution in [-0.2, 0) is 9.84 Å². The maximum atomic E-state index is 11.5. The van der Waals surface area contributed by atoms with Crippen molar-refractivity contribution in [1.82, 2.24) is 10.6 Å². The molecule has 0 aromatic heterocycles.